The van der Waals surface area contributed by atoms with E-state index in [-0.39, 0.29) is 11.6 Å². The molecule has 0 aliphatic heterocycles. The van der Waals surface area contributed by atoms with E-state index in [0.717, 1.165) is 17.9 Å². The zero-order chi connectivity index (χ0) is 16.0. The van der Waals surface area contributed by atoms with Crippen LogP contribution in [0.15, 0.2) is 24.3 Å². The van der Waals surface area contributed by atoms with Gasteiger partial charge in [-0.15, -0.1) is 0 Å². The summed E-state index contributed by atoms with van der Waals surface area (Å²) in [7, 11) is 2.19. The molecule has 0 saturated carbocycles. The molecule has 0 amide bonds. The normalized spacial score (nSPS) is 17.5. The SMILES string of the molecule is CCC(C)CC(CC)(CN)N(C)C(C)c1ccccc1Cl. The van der Waals surface area contributed by atoms with Gasteiger partial charge in [-0.1, -0.05) is 57.0 Å². The van der Waals surface area contributed by atoms with Gasteiger partial charge in [0.05, 0.1) is 0 Å². The number of halogens is 1. The largest absolute Gasteiger partial charge is 0.329 e. The Morgan fingerprint density at radius 3 is 2.33 bits per heavy atom. The third kappa shape index (κ3) is 4.21. The maximum Gasteiger partial charge on any atom is 0.0453 e. The number of likely N-dealkylation sites (N-methyl/N-ethyl adjacent to an activating group) is 1. The maximum atomic E-state index is 6.37. The highest BCUT2D eigenvalue weighted by Gasteiger charge is 2.35. The topological polar surface area (TPSA) is 29.3 Å². The molecule has 0 aliphatic rings. The lowest BCUT2D eigenvalue weighted by Crippen LogP contribution is -2.53. The summed E-state index contributed by atoms with van der Waals surface area (Å²) < 4.78 is 0. The summed E-state index contributed by atoms with van der Waals surface area (Å²) in [6, 6.07) is 8.37. The second-order valence-corrected chi connectivity index (χ2v) is 6.72. The average molecular weight is 311 g/mol. The molecule has 2 N–H and O–H groups in total. The van der Waals surface area contributed by atoms with Crippen molar-refractivity contribution < 1.29 is 0 Å². The van der Waals surface area contributed by atoms with Crippen LogP contribution in [0, 0.1) is 5.92 Å². The van der Waals surface area contributed by atoms with E-state index >= 15 is 0 Å². The molecule has 21 heavy (non-hydrogen) atoms. The number of benzene rings is 1. The van der Waals surface area contributed by atoms with Gasteiger partial charge < -0.3 is 5.73 Å². The molecule has 0 heterocycles. The van der Waals surface area contributed by atoms with E-state index in [4.69, 9.17) is 17.3 Å². The molecule has 0 bridgehead atoms. The summed E-state index contributed by atoms with van der Waals surface area (Å²) in [6.45, 7) is 9.70. The summed E-state index contributed by atoms with van der Waals surface area (Å²) in [5, 5.41) is 0.836. The first-order chi connectivity index (χ1) is 9.91. The average Bonchev–Trinajstić information content (AvgIpc) is 2.51. The molecule has 120 valence electrons. The van der Waals surface area contributed by atoms with Gasteiger partial charge in [0.1, 0.15) is 0 Å². The smallest absolute Gasteiger partial charge is 0.0453 e. The van der Waals surface area contributed by atoms with Gasteiger partial charge >= 0.3 is 0 Å². The van der Waals surface area contributed by atoms with E-state index in [2.05, 4.69) is 51.8 Å². The highest BCUT2D eigenvalue weighted by Crippen LogP contribution is 2.35. The Morgan fingerprint density at radius 2 is 1.86 bits per heavy atom. The van der Waals surface area contributed by atoms with E-state index < -0.39 is 0 Å². The van der Waals surface area contributed by atoms with Crippen molar-refractivity contribution in [3.63, 3.8) is 0 Å². The summed E-state index contributed by atoms with van der Waals surface area (Å²) >= 11 is 6.37. The van der Waals surface area contributed by atoms with Crippen LogP contribution < -0.4 is 5.73 Å². The predicted octanol–water partition coefficient (Wildman–Crippen LogP) is 4.88. The number of nitrogens with two attached hydrogens (primary N) is 1. The van der Waals surface area contributed by atoms with E-state index in [0.29, 0.717) is 12.5 Å². The molecule has 1 aromatic rings. The second kappa shape index (κ2) is 8.17. The van der Waals surface area contributed by atoms with Crippen molar-refractivity contribution in [2.75, 3.05) is 13.6 Å². The fourth-order valence-electron chi connectivity index (χ4n) is 3.14. The van der Waals surface area contributed by atoms with Crippen molar-refractivity contribution in [2.45, 2.75) is 58.5 Å². The van der Waals surface area contributed by atoms with E-state index in [9.17, 15) is 0 Å². The van der Waals surface area contributed by atoms with Gasteiger partial charge in [-0.05, 0) is 44.4 Å². The minimum absolute atomic E-state index is 0.0357. The first-order valence-electron chi connectivity index (χ1n) is 8.09. The molecule has 0 aromatic heterocycles. The molecule has 3 heteroatoms. The molecule has 3 unspecified atom stereocenters. The highest BCUT2D eigenvalue weighted by molar-refractivity contribution is 6.31. The second-order valence-electron chi connectivity index (χ2n) is 6.31. The van der Waals surface area contributed by atoms with Crippen molar-refractivity contribution in [3.8, 4) is 0 Å². The van der Waals surface area contributed by atoms with Crippen molar-refractivity contribution in [1.29, 1.82) is 0 Å². The Kier molecular flexibility index (Phi) is 7.19. The van der Waals surface area contributed by atoms with Crippen LogP contribution in [0.2, 0.25) is 5.02 Å². The van der Waals surface area contributed by atoms with Crippen LogP contribution in [0.1, 0.15) is 58.6 Å². The summed E-state index contributed by atoms with van der Waals surface area (Å²) in [5.74, 6) is 0.675. The highest BCUT2D eigenvalue weighted by atomic mass is 35.5. The minimum Gasteiger partial charge on any atom is -0.329 e. The first-order valence-corrected chi connectivity index (χ1v) is 8.47. The van der Waals surface area contributed by atoms with Crippen LogP contribution in [-0.2, 0) is 0 Å². The third-order valence-corrected chi connectivity index (χ3v) is 5.49. The van der Waals surface area contributed by atoms with Crippen molar-refractivity contribution >= 4 is 11.6 Å². The van der Waals surface area contributed by atoms with Crippen LogP contribution >= 0.6 is 11.6 Å². The van der Waals surface area contributed by atoms with Gasteiger partial charge in [0.2, 0.25) is 0 Å². The number of hydrogen-bond donors (Lipinski definition) is 1. The monoisotopic (exact) mass is 310 g/mol. The molecule has 0 spiro atoms. The molecule has 1 aromatic carbocycles. The number of hydrogen-bond acceptors (Lipinski definition) is 2. The van der Waals surface area contributed by atoms with E-state index in [1.807, 2.05) is 12.1 Å². The van der Waals surface area contributed by atoms with Gasteiger partial charge in [0.15, 0.2) is 0 Å². The Labute approximate surface area is 135 Å². The van der Waals surface area contributed by atoms with Gasteiger partial charge in [0, 0.05) is 23.1 Å². The van der Waals surface area contributed by atoms with Gasteiger partial charge in [0.25, 0.3) is 0 Å². The van der Waals surface area contributed by atoms with Crippen LogP contribution in [0.5, 0.6) is 0 Å². The Hall–Kier alpha value is -0.570. The lowest BCUT2D eigenvalue weighted by atomic mass is 9.82. The Morgan fingerprint density at radius 1 is 1.24 bits per heavy atom. The molecule has 0 fully saturated rings. The fourth-order valence-corrected chi connectivity index (χ4v) is 3.43. The molecular weight excluding hydrogens is 280 g/mol. The zero-order valence-corrected chi connectivity index (χ0v) is 15.0. The van der Waals surface area contributed by atoms with Crippen LogP contribution in [0.25, 0.3) is 0 Å². The molecule has 0 saturated heterocycles. The van der Waals surface area contributed by atoms with Crippen LogP contribution in [-0.4, -0.2) is 24.0 Å². The zero-order valence-electron chi connectivity index (χ0n) is 14.2. The minimum atomic E-state index is 0.0357. The lowest BCUT2D eigenvalue weighted by Gasteiger charge is -2.46. The fraction of sp³-hybridized carbons (Fsp3) is 0.667. The van der Waals surface area contributed by atoms with Crippen LogP contribution in [0.3, 0.4) is 0 Å². The van der Waals surface area contributed by atoms with Crippen molar-refractivity contribution in [1.82, 2.24) is 4.90 Å². The molecule has 2 nitrogen and oxygen atoms in total. The maximum absolute atomic E-state index is 6.37. The Balaban J connectivity index is 3.05. The summed E-state index contributed by atoms with van der Waals surface area (Å²) in [6.07, 6.45) is 3.37. The molecule has 0 radical (unpaired) electrons. The number of rotatable bonds is 8. The van der Waals surface area contributed by atoms with Gasteiger partial charge in [-0.3, -0.25) is 4.90 Å². The molecule has 1 rings (SSSR count). The summed E-state index contributed by atoms with van der Waals surface area (Å²) in [4.78, 5) is 2.43. The quantitative estimate of drug-likeness (QED) is 0.741. The standard InChI is InChI=1S/C18H31ClN2/c1-6-14(3)12-18(7-2,13-20)21(5)15(4)16-10-8-9-11-17(16)19/h8-11,14-15H,6-7,12-13,20H2,1-5H3. The molecule has 3 atom stereocenters. The Bertz CT molecular complexity index is 429. The van der Waals surface area contributed by atoms with E-state index in [1.165, 1.54) is 12.0 Å². The van der Waals surface area contributed by atoms with Crippen molar-refractivity contribution in [3.05, 3.63) is 34.9 Å². The molecular formula is C18H31ClN2. The van der Waals surface area contributed by atoms with Crippen LogP contribution in [0.4, 0.5) is 0 Å². The lowest BCUT2D eigenvalue weighted by molar-refractivity contribution is 0.0575. The molecule has 0 aliphatic carbocycles. The summed E-state index contributed by atoms with van der Waals surface area (Å²) in [5.41, 5.74) is 7.42. The number of nitrogens with zero attached hydrogens (tertiary/aromatic N) is 1. The third-order valence-electron chi connectivity index (χ3n) is 5.15. The predicted molar refractivity (Wildman–Crippen MR) is 93.8 cm³/mol. The van der Waals surface area contributed by atoms with E-state index in [1.54, 1.807) is 0 Å². The van der Waals surface area contributed by atoms with Crippen molar-refractivity contribution in [2.24, 2.45) is 11.7 Å². The van der Waals surface area contributed by atoms with Gasteiger partial charge in [-0.2, -0.15) is 0 Å². The van der Waals surface area contributed by atoms with Gasteiger partial charge in [-0.25, -0.2) is 0 Å². The first kappa shape index (κ1) is 18.5.